The molecule has 0 saturated carbocycles. The maximum absolute atomic E-state index is 12.4. The average Bonchev–Trinajstić information content (AvgIpc) is 2.49. The largest absolute Gasteiger partial charge is 0.495 e. The van der Waals surface area contributed by atoms with Crippen molar-refractivity contribution in [3.8, 4) is 5.75 Å². The number of nitrogens with zero attached hydrogens (tertiary/aromatic N) is 1. The monoisotopic (exact) mass is 298 g/mol. The molecule has 1 heterocycles. The highest BCUT2D eigenvalue weighted by Gasteiger charge is 2.33. The second kappa shape index (κ2) is 6.51. The molecule has 7 heteroatoms. The van der Waals surface area contributed by atoms with E-state index < -0.39 is 24.3 Å². The van der Waals surface area contributed by atoms with Crippen LogP contribution in [0.5, 0.6) is 5.75 Å². The summed E-state index contributed by atoms with van der Waals surface area (Å²) in [6.07, 6.45) is -2.17. The second-order valence-electron chi connectivity index (χ2n) is 4.67. The molecule has 2 amide bonds. The van der Waals surface area contributed by atoms with Crippen LogP contribution in [0, 0.1) is 0 Å². The normalized spacial score (nSPS) is 18.8. The van der Waals surface area contributed by atoms with Crippen LogP contribution in [-0.4, -0.2) is 37.9 Å². The molecule has 1 aromatic rings. The van der Waals surface area contributed by atoms with E-state index in [1.807, 2.05) is 0 Å². The number of hydrogen-bond acceptors (Lipinski definition) is 3. The van der Waals surface area contributed by atoms with Crippen molar-refractivity contribution < 1.29 is 23.1 Å². The van der Waals surface area contributed by atoms with Crippen molar-refractivity contribution in [3.05, 3.63) is 24.3 Å². The van der Waals surface area contributed by atoms with Gasteiger partial charge in [0, 0.05) is 6.54 Å². The lowest BCUT2D eigenvalue weighted by molar-refractivity contribution is -0.135. The zero-order chi connectivity index (χ0) is 15.4. The van der Waals surface area contributed by atoms with E-state index in [0.29, 0.717) is 30.8 Å². The third-order valence-corrected chi connectivity index (χ3v) is 3.33. The van der Waals surface area contributed by atoms with E-state index in [1.54, 1.807) is 24.3 Å². The number of piperidine rings is 1. The van der Waals surface area contributed by atoms with Gasteiger partial charge < -0.3 is 15.0 Å². The molecule has 1 fully saturated rings. The van der Waals surface area contributed by atoms with Gasteiger partial charge in [0.1, 0.15) is 11.8 Å². The lowest BCUT2D eigenvalue weighted by atomic mass is 10.0. The Morgan fingerprint density at radius 1 is 1.43 bits per heavy atom. The number of nitrogens with one attached hydrogen (secondary N) is 1. The molecule has 0 radical (unpaired) electrons. The van der Waals surface area contributed by atoms with Crippen molar-refractivity contribution in [2.75, 3.05) is 18.6 Å². The Morgan fingerprint density at radius 3 is 2.81 bits per heavy atom. The highest BCUT2D eigenvalue weighted by Crippen LogP contribution is 2.30. The number of para-hydroxylation sites is 2. The van der Waals surface area contributed by atoms with Crippen molar-refractivity contribution in [1.82, 2.24) is 5.32 Å². The predicted molar refractivity (Wildman–Crippen MR) is 72.5 cm³/mol. The summed E-state index contributed by atoms with van der Waals surface area (Å²) in [5.74, 6) is -1.30. The minimum Gasteiger partial charge on any atom is -0.495 e. The quantitative estimate of drug-likeness (QED) is 0.918. The minimum absolute atomic E-state index is 0.350. The summed E-state index contributed by atoms with van der Waals surface area (Å²) in [4.78, 5) is 24.9. The number of anilines is 1. The number of hydrogen-bond donors (Lipinski definition) is 1. The van der Waals surface area contributed by atoms with Crippen LogP contribution in [0.15, 0.2) is 24.3 Å². The fourth-order valence-electron chi connectivity index (χ4n) is 2.34. The van der Waals surface area contributed by atoms with E-state index in [2.05, 4.69) is 5.32 Å². The van der Waals surface area contributed by atoms with Crippen molar-refractivity contribution in [2.45, 2.75) is 25.3 Å². The third kappa shape index (κ3) is 3.29. The predicted octanol–water partition coefficient (Wildman–Crippen LogP) is 1.57. The van der Waals surface area contributed by atoms with Gasteiger partial charge in [0.15, 0.2) is 0 Å². The molecule has 1 N–H and O–H groups in total. The van der Waals surface area contributed by atoms with E-state index in [4.69, 9.17) is 4.74 Å². The van der Waals surface area contributed by atoms with Gasteiger partial charge in [0.05, 0.1) is 12.8 Å². The van der Waals surface area contributed by atoms with Gasteiger partial charge in [0.2, 0.25) is 5.91 Å². The van der Waals surface area contributed by atoms with E-state index in [0.717, 1.165) is 0 Å². The molecule has 0 bridgehead atoms. The van der Waals surface area contributed by atoms with Gasteiger partial charge in [-0.25, -0.2) is 0 Å². The molecule has 0 unspecified atom stereocenters. The maximum Gasteiger partial charge on any atom is 0.315 e. The van der Waals surface area contributed by atoms with Gasteiger partial charge in [-0.05, 0) is 25.0 Å². The Labute approximate surface area is 120 Å². The molecule has 1 atom stereocenters. The molecule has 1 aliphatic heterocycles. The van der Waals surface area contributed by atoms with Crippen molar-refractivity contribution in [3.63, 3.8) is 0 Å². The van der Waals surface area contributed by atoms with Crippen LogP contribution in [0.1, 0.15) is 12.8 Å². The van der Waals surface area contributed by atoms with Gasteiger partial charge in [-0.3, -0.25) is 9.59 Å². The SMILES string of the molecule is COc1ccccc1N1CCC[C@H](NC(=O)C(F)F)C1=O. The van der Waals surface area contributed by atoms with Crippen molar-refractivity contribution >= 4 is 17.5 Å². The van der Waals surface area contributed by atoms with E-state index in [-0.39, 0.29) is 0 Å². The summed E-state index contributed by atoms with van der Waals surface area (Å²) in [5.41, 5.74) is 0.570. The Kier molecular flexibility index (Phi) is 4.72. The van der Waals surface area contributed by atoms with E-state index >= 15 is 0 Å². The zero-order valence-corrected chi connectivity index (χ0v) is 11.5. The molecule has 21 heavy (non-hydrogen) atoms. The first-order valence-electron chi connectivity index (χ1n) is 6.57. The first-order chi connectivity index (χ1) is 10.0. The molecule has 1 saturated heterocycles. The maximum atomic E-state index is 12.4. The fraction of sp³-hybridized carbons (Fsp3) is 0.429. The summed E-state index contributed by atoms with van der Waals surface area (Å²) in [7, 11) is 1.49. The standard InChI is InChI=1S/C14H16F2N2O3/c1-21-11-7-3-2-6-10(11)18-8-4-5-9(14(18)20)17-13(19)12(15)16/h2-3,6-7,9,12H,4-5,8H2,1H3,(H,17,19)/t9-/m0/s1. The molecule has 0 spiro atoms. The molecule has 114 valence electrons. The summed E-state index contributed by atoms with van der Waals surface area (Å²) in [5, 5.41) is 2.08. The van der Waals surface area contributed by atoms with Gasteiger partial charge in [0.25, 0.3) is 5.91 Å². The number of carbonyl (C=O) groups is 2. The smallest absolute Gasteiger partial charge is 0.315 e. The Balaban J connectivity index is 2.18. The summed E-state index contributed by atoms with van der Waals surface area (Å²) in [6.45, 7) is 0.459. The number of rotatable bonds is 4. The van der Waals surface area contributed by atoms with Crippen molar-refractivity contribution in [2.24, 2.45) is 0 Å². The molecule has 1 aliphatic rings. The van der Waals surface area contributed by atoms with Crippen LogP contribution in [0.4, 0.5) is 14.5 Å². The van der Waals surface area contributed by atoms with E-state index in [9.17, 15) is 18.4 Å². The summed E-state index contributed by atoms with van der Waals surface area (Å²) >= 11 is 0. The molecule has 5 nitrogen and oxygen atoms in total. The van der Waals surface area contributed by atoms with Crippen LogP contribution in [0.2, 0.25) is 0 Å². The van der Waals surface area contributed by atoms with Gasteiger partial charge >= 0.3 is 6.43 Å². The molecule has 0 aromatic heterocycles. The van der Waals surface area contributed by atoms with Crippen molar-refractivity contribution in [1.29, 1.82) is 0 Å². The van der Waals surface area contributed by atoms with Gasteiger partial charge in [-0.15, -0.1) is 0 Å². The minimum atomic E-state index is -3.13. The van der Waals surface area contributed by atoms with Crippen LogP contribution < -0.4 is 15.0 Å². The highest BCUT2D eigenvalue weighted by molar-refractivity contribution is 6.01. The fourth-order valence-corrected chi connectivity index (χ4v) is 2.34. The molecule has 0 aliphatic carbocycles. The third-order valence-electron chi connectivity index (χ3n) is 3.33. The molecule has 2 rings (SSSR count). The Morgan fingerprint density at radius 2 is 2.14 bits per heavy atom. The molecular weight excluding hydrogens is 282 g/mol. The highest BCUT2D eigenvalue weighted by atomic mass is 19.3. The number of carbonyl (C=O) groups excluding carboxylic acids is 2. The van der Waals surface area contributed by atoms with Gasteiger partial charge in [-0.1, -0.05) is 12.1 Å². The van der Waals surface area contributed by atoms with Crippen LogP contribution in [0.3, 0.4) is 0 Å². The average molecular weight is 298 g/mol. The van der Waals surface area contributed by atoms with E-state index in [1.165, 1.54) is 12.0 Å². The number of methoxy groups -OCH3 is 1. The number of halogens is 2. The van der Waals surface area contributed by atoms with Crippen LogP contribution in [-0.2, 0) is 9.59 Å². The Hall–Kier alpha value is -2.18. The van der Waals surface area contributed by atoms with Crippen LogP contribution >= 0.6 is 0 Å². The topological polar surface area (TPSA) is 58.6 Å². The first kappa shape index (κ1) is 15.2. The number of ether oxygens (including phenoxy) is 1. The zero-order valence-electron chi connectivity index (χ0n) is 11.5. The second-order valence-corrected chi connectivity index (χ2v) is 4.67. The lowest BCUT2D eigenvalue weighted by Crippen LogP contribution is -2.53. The number of amides is 2. The first-order valence-corrected chi connectivity index (χ1v) is 6.57. The summed E-state index contributed by atoms with van der Waals surface area (Å²) < 4.78 is 29.8. The molecular formula is C14H16F2N2O3. The van der Waals surface area contributed by atoms with Gasteiger partial charge in [-0.2, -0.15) is 8.78 Å². The summed E-state index contributed by atoms with van der Waals surface area (Å²) in [6, 6.07) is 6.03. The lowest BCUT2D eigenvalue weighted by Gasteiger charge is -2.33. The number of alkyl halides is 2. The number of benzene rings is 1. The van der Waals surface area contributed by atoms with Crippen LogP contribution in [0.25, 0.3) is 0 Å². The molecule has 1 aromatic carbocycles. The Bertz CT molecular complexity index is 537.